The third-order valence-corrected chi connectivity index (χ3v) is 10.3. The minimum atomic E-state index is -0.438. The van der Waals surface area contributed by atoms with E-state index in [2.05, 4.69) is 89.5 Å². The Morgan fingerprint density at radius 1 is 0.375 bits per heavy atom. The monoisotopic (exact) mass is 721 g/mol. The number of aromatic nitrogens is 4. The lowest BCUT2D eigenvalue weighted by molar-refractivity contribution is 0.669. The summed E-state index contributed by atoms with van der Waals surface area (Å²) in [7, 11) is 0. The van der Waals surface area contributed by atoms with Crippen molar-refractivity contribution in [1.29, 1.82) is 0 Å². The molecule has 0 spiro atoms. The van der Waals surface area contributed by atoms with Gasteiger partial charge < -0.3 is 8.98 Å². The van der Waals surface area contributed by atoms with Gasteiger partial charge in [0.05, 0.1) is 17.9 Å². The minimum Gasteiger partial charge on any atom is -0.456 e. The predicted octanol–water partition coefficient (Wildman–Crippen LogP) is 13.2. The first-order valence-electron chi connectivity index (χ1n) is 20.9. The Kier molecular flexibility index (Phi) is 6.29. The van der Waals surface area contributed by atoms with Crippen LogP contribution in [0.2, 0.25) is 0 Å². The number of hydrogen-bond acceptors (Lipinski definition) is 4. The molecule has 8 aromatic carbocycles. The number of para-hydroxylation sites is 1. The molecule has 0 bridgehead atoms. The number of hydrogen-bond donors (Lipinski definition) is 0. The van der Waals surface area contributed by atoms with Crippen molar-refractivity contribution < 1.29 is 11.3 Å². The number of rotatable bonds is 6. The fourth-order valence-electron chi connectivity index (χ4n) is 7.66. The highest BCUT2D eigenvalue weighted by atomic mass is 16.3. The van der Waals surface area contributed by atoms with Crippen molar-refractivity contribution in [1.82, 2.24) is 19.5 Å². The number of benzene rings is 8. The average Bonchev–Trinajstić information content (AvgIpc) is 3.85. The van der Waals surface area contributed by atoms with Crippen LogP contribution < -0.4 is 0 Å². The molecule has 0 N–H and O–H groups in total. The van der Waals surface area contributed by atoms with Gasteiger partial charge in [0.25, 0.3) is 0 Å². The van der Waals surface area contributed by atoms with E-state index < -0.39 is 18.1 Å². The summed E-state index contributed by atoms with van der Waals surface area (Å²) in [4.78, 5) is 14.9. The highest BCUT2D eigenvalue weighted by molar-refractivity contribution is 6.11. The van der Waals surface area contributed by atoms with Gasteiger partial charge in [0.15, 0.2) is 17.5 Å². The summed E-state index contributed by atoms with van der Waals surface area (Å²) in [5.74, 6) is 1.29. The Morgan fingerprint density at radius 2 is 0.946 bits per heavy atom. The molecule has 0 saturated carbocycles. The quantitative estimate of drug-likeness (QED) is 0.172. The summed E-state index contributed by atoms with van der Waals surface area (Å²) >= 11 is 0. The van der Waals surface area contributed by atoms with E-state index in [1.165, 1.54) is 10.8 Å². The van der Waals surface area contributed by atoms with E-state index in [9.17, 15) is 0 Å². The second-order valence-electron chi connectivity index (χ2n) is 13.7. The van der Waals surface area contributed by atoms with Crippen LogP contribution in [0.25, 0.3) is 106 Å². The Labute approximate surface area is 329 Å². The van der Waals surface area contributed by atoms with Gasteiger partial charge in [0.1, 0.15) is 11.2 Å². The summed E-state index contributed by atoms with van der Waals surface area (Å²) in [6, 6.07) is 52.9. The molecule has 262 valence electrons. The second-order valence-corrected chi connectivity index (χ2v) is 13.7. The fourth-order valence-corrected chi connectivity index (χ4v) is 7.66. The highest BCUT2D eigenvalue weighted by Gasteiger charge is 2.18. The van der Waals surface area contributed by atoms with E-state index in [0.717, 1.165) is 60.9 Å². The topological polar surface area (TPSA) is 56.7 Å². The minimum absolute atomic E-state index is 0.111. The second kappa shape index (κ2) is 13.0. The van der Waals surface area contributed by atoms with Crippen molar-refractivity contribution >= 4 is 43.7 Å². The Morgan fingerprint density at radius 3 is 1.73 bits per heavy atom. The first-order valence-corrected chi connectivity index (χ1v) is 18.4. The van der Waals surface area contributed by atoms with Crippen molar-refractivity contribution in [3.63, 3.8) is 0 Å². The lowest BCUT2D eigenvalue weighted by Crippen LogP contribution is -2.00. The van der Waals surface area contributed by atoms with Crippen molar-refractivity contribution in [3.05, 3.63) is 194 Å². The largest absolute Gasteiger partial charge is 0.456 e. The van der Waals surface area contributed by atoms with Crippen molar-refractivity contribution in [3.8, 4) is 62.1 Å². The van der Waals surface area contributed by atoms with E-state index in [4.69, 9.17) is 26.2 Å². The summed E-state index contributed by atoms with van der Waals surface area (Å²) in [5.41, 5.74) is 9.74. The maximum Gasteiger partial charge on any atom is 0.164 e. The van der Waals surface area contributed by atoms with E-state index in [0.29, 0.717) is 28.6 Å². The van der Waals surface area contributed by atoms with Crippen molar-refractivity contribution in [2.75, 3.05) is 0 Å². The lowest BCUT2D eigenvalue weighted by Gasteiger charge is -2.10. The van der Waals surface area contributed by atoms with E-state index in [1.54, 1.807) is 18.2 Å². The van der Waals surface area contributed by atoms with Gasteiger partial charge in [-0.1, -0.05) is 139 Å². The van der Waals surface area contributed by atoms with Gasteiger partial charge in [0.2, 0.25) is 0 Å². The number of furan rings is 1. The van der Waals surface area contributed by atoms with Crippen molar-refractivity contribution in [2.45, 2.75) is 0 Å². The SMILES string of the molecule is [2H]c1c([2H])c([2H])c(-c2cccc(-c3nc(-c4ccccc4)nc(-c4ccc5oc6ccc(-n7c8ccccc8c8ccc(-c9ccccc9)cc87)cc6c5c4)n3)c2)c([2H])c1[2H]. The molecule has 0 fully saturated rings. The van der Waals surface area contributed by atoms with Gasteiger partial charge in [-0.2, -0.15) is 0 Å². The molecular formula is C51H32N4O. The van der Waals surface area contributed by atoms with Crippen LogP contribution in [0.5, 0.6) is 0 Å². The fraction of sp³-hybridized carbons (Fsp3) is 0. The van der Waals surface area contributed by atoms with Gasteiger partial charge in [-0.25, -0.2) is 15.0 Å². The van der Waals surface area contributed by atoms with E-state index in [-0.39, 0.29) is 17.6 Å². The summed E-state index contributed by atoms with van der Waals surface area (Å²) in [5, 5.41) is 4.21. The Balaban J connectivity index is 1.07. The zero-order valence-electron chi connectivity index (χ0n) is 34.8. The molecule has 0 unspecified atom stereocenters. The lowest BCUT2D eigenvalue weighted by atomic mass is 10.0. The van der Waals surface area contributed by atoms with Crippen LogP contribution in [0.4, 0.5) is 0 Å². The molecule has 5 nitrogen and oxygen atoms in total. The molecule has 3 heterocycles. The zero-order valence-corrected chi connectivity index (χ0v) is 29.8. The molecule has 0 atom stereocenters. The third-order valence-electron chi connectivity index (χ3n) is 10.3. The highest BCUT2D eigenvalue weighted by Crippen LogP contribution is 2.38. The maximum absolute atomic E-state index is 8.59. The van der Waals surface area contributed by atoms with Crippen LogP contribution >= 0.6 is 0 Å². The predicted molar refractivity (Wildman–Crippen MR) is 229 cm³/mol. The first-order chi connectivity index (χ1) is 29.8. The summed E-state index contributed by atoms with van der Waals surface area (Å²) in [6.45, 7) is 0. The smallest absolute Gasteiger partial charge is 0.164 e. The van der Waals surface area contributed by atoms with Gasteiger partial charge in [-0.15, -0.1) is 0 Å². The number of fused-ring (bicyclic) bond motifs is 6. The first kappa shape index (κ1) is 27.0. The summed E-state index contributed by atoms with van der Waals surface area (Å²) < 4.78 is 50.5. The molecule has 0 aliphatic rings. The molecule has 0 aliphatic carbocycles. The number of nitrogens with zero attached hydrogens (tertiary/aromatic N) is 4. The Hall–Kier alpha value is -7.63. The summed E-state index contributed by atoms with van der Waals surface area (Å²) in [6.07, 6.45) is 0. The normalized spacial score (nSPS) is 12.8. The molecule has 0 radical (unpaired) electrons. The molecule has 0 saturated heterocycles. The van der Waals surface area contributed by atoms with E-state index >= 15 is 0 Å². The van der Waals surface area contributed by atoms with Gasteiger partial charge in [0, 0.05) is 43.9 Å². The average molecular weight is 722 g/mol. The molecule has 0 aliphatic heterocycles. The van der Waals surface area contributed by atoms with Crippen LogP contribution in [0.1, 0.15) is 6.85 Å². The molecule has 5 heteroatoms. The third kappa shape index (κ3) is 5.45. The van der Waals surface area contributed by atoms with Crippen LogP contribution in [0.3, 0.4) is 0 Å². The van der Waals surface area contributed by atoms with Crippen LogP contribution in [0.15, 0.2) is 198 Å². The van der Waals surface area contributed by atoms with Gasteiger partial charge in [-0.05, 0) is 76.9 Å². The van der Waals surface area contributed by atoms with Gasteiger partial charge in [-0.3, -0.25) is 0 Å². The van der Waals surface area contributed by atoms with Crippen LogP contribution in [-0.4, -0.2) is 19.5 Å². The van der Waals surface area contributed by atoms with E-state index in [1.807, 2.05) is 60.7 Å². The van der Waals surface area contributed by atoms with Gasteiger partial charge >= 0.3 is 0 Å². The maximum atomic E-state index is 8.59. The molecule has 3 aromatic heterocycles. The Bertz CT molecular complexity index is 3520. The molecule has 11 aromatic rings. The van der Waals surface area contributed by atoms with Crippen LogP contribution in [-0.2, 0) is 0 Å². The standard InChI is InChI=1S/C51H32N4O/c1-4-13-33(14-5-1)36-19-12-20-38(29-36)50-52-49(35-17-8-3-9-18-35)53-51(54-50)39-24-27-47-43(30-39)44-32-40(25-28-48(44)56-47)55-45-22-11-10-21-41(45)42-26-23-37(31-46(42)55)34-15-6-2-7-16-34/h1-32H/i1D,4D,5D,13D,14D. The molecular weight excluding hydrogens is 685 g/mol. The molecule has 56 heavy (non-hydrogen) atoms. The van der Waals surface area contributed by atoms with Crippen molar-refractivity contribution in [2.24, 2.45) is 0 Å². The zero-order chi connectivity index (χ0) is 41.4. The molecule has 11 rings (SSSR count). The molecule has 0 amide bonds. The van der Waals surface area contributed by atoms with Crippen LogP contribution in [0, 0.1) is 0 Å².